The fourth-order valence-electron chi connectivity index (χ4n) is 3.87. The Labute approximate surface area is 206 Å². The summed E-state index contributed by atoms with van der Waals surface area (Å²) >= 11 is 0. The highest BCUT2D eigenvalue weighted by molar-refractivity contribution is 5.85. The number of nitrogen functional groups attached to an aromatic ring is 1. The molecule has 0 bridgehead atoms. The molecule has 1 fully saturated rings. The summed E-state index contributed by atoms with van der Waals surface area (Å²) in [5.74, 6) is -0.842. The number of carbonyl (C=O) groups is 2. The first-order valence-electron chi connectivity index (χ1n) is 10.8. The molecule has 0 spiro atoms. The van der Waals surface area contributed by atoms with Crippen LogP contribution in [0.1, 0.15) is 30.7 Å². The maximum absolute atomic E-state index is 11.7. The number of aliphatic carboxylic acids is 1. The highest BCUT2D eigenvalue weighted by atomic mass is 35.5. The van der Waals surface area contributed by atoms with Crippen LogP contribution in [0, 0.1) is 0 Å². The summed E-state index contributed by atoms with van der Waals surface area (Å²) in [4.78, 5) is 35.2. The molecule has 4 atom stereocenters. The van der Waals surface area contributed by atoms with Crippen molar-refractivity contribution in [1.29, 1.82) is 0 Å². The van der Waals surface area contributed by atoms with Gasteiger partial charge >= 0.3 is 5.97 Å². The number of nitrogens with one attached hydrogen (secondary N) is 1. The van der Waals surface area contributed by atoms with Crippen LogP contribution in [-0.2, 0) is 27.2 Å². The Hall–Kier alpha value is -3.32. The first kappa shape index (κ1) is 26.3. The SMILES string of the molecule is CC(=O)[C@H]1O[C@@H](n2cnc3c(N)nc(NCCc4ccc(CCC(=O)O)cc4)nc32)[C@@H](O)C1O.Cl. The van der Waals surface area contributed by atoms with Crippen molar-refractivity contribution >= 4 is 47.1 Å². The molecule has 1 aliphatic heterocycles. The molecule has 6 N–H and O–H groups in total. The van der Waals surface area contributed by atoms with Crippen molar-refractivity contribution in [1.82, 2.24) is 19.5 Å². The van der Waals surface area contributed by atoms with Crippen LogP contribution in [0.3, 0.4) is 0 Å². The molecule has 3 aromatic rings. The number of carboxylic acid groups (broad SMARTS) is 1. The number of aromatic nitrogens is 4. The van der Waals surface area contributed by atoms with E-state index in [0.717, 1.165) is 11.1 Å². The Morgan fingerprint density at radius 1 is 1.11 bits per heavy atom. The summed E-state index contributed by atoms with van der Waals surface area (Å²) in [5.41, 5.74) is 8.65. The molecule has 3 heterocycles. The largest absolute Gasteiger partial charge is 0.481 e. The Morgan fingerprint density at radius 2 is 1.77 bits per heavy atom. The van der Waals surface area contributed by atoms with Crippen molar-refractivity contribution in [3.63, 3.8) is 0 Å². The van der Waals surface area contributed by atoms with Gasteiger partial charge in [0.25, 0.3) is 0 Å². The third-order valence-electron chi connectivity index (χ3n) is 5.71. The molecule has 1 saturated heterocycles. The number of aryl methyl sites for hydroxylation is 1. The van der Waals surface area contributed by atoms with E-state index in [1.165, 1.54) is 17.8 Å². The Morgan fingerprint density at radius 3 is 2.37 bits per heavy atom. The predicted molar refractivity (Wildman–Crippen MR) is 128 cm³/mol. The number of benzene rings is 1. The molecule has 0 aliphatic carbocycles. The maximum Gasteiger partial charge on any atom is 0.303 e. The number of Topliss-reactive ketones (excluding diaryl/α,β-unsaturated/α-hetero) is 1. The summed E-state index contributed by atoms with van der Waals surface area (Å²) in [6, 6.07) is 7.71. The topological polar surface area (TPSA) is 186 Å². The molecule has 1 unspecified atom stereocenters. The van der Waals surface area contributed by atoms with Gasteiger partial charge in [-0.05, 0) is 30.9 Å². The Balaban J connectivity index is 0.00000342. The van der Waals surface area contributed by atoms with Crippen molar-refractivity contribution in [2.24, 2.45) is 0 Å². The zero-order valence-corrected chi connectivity index (χ0v) is 19.7. The lowest BCUT2D eigenvalue weighted by Crippen LogP contribution is -2.34. The summed E-state index contributed by atoms with van der Waals surface area (Å²) in [7, 11) is 0. The number of aliphatic hydroxyl groups excluding tert-OH is 2. The molecular formula is C22H27ClN6O6. The second-order valence-corrected chi connectivity index (χ2v) is 8.18. The van der Waals surface area contributed by atoms with Crippen LogP contribution in [0.15, 0.2) is 30.6 Å². The molecule has 1 aromatic carbocycles. The molecule has 2 aromatic heterocycles. The number of carboxylic acids is 1. The molecule has 1 aliphatic rings. The smallest absolute Gasteiger partial charge is 0.303 e. The highest BCUT2D eigenvalue weighted by Gasteiger charge is 2.46. The number of rotatable bonds is 9. The second-order valence-electron chi connectivity index (χ2n) is 8.18. The number of nitrogens with zero attached hydrogens (tertiary/aromatic N) is 4. The van der Waals surface area contributed by atoms with Crippen molar-refractivity contribution in [3.8, 4) is 0 Å². The lowest BCUT2D eigenvalue weighted by Gasteiger charge is -2.16. The van der Waals surface area contributed by atoms with Crippen molar-refractivity contribution < 1.29 is 29.6 Å². The van der Waals surface area contributed by atoms with Crippen LogP contribution in [0.5, 0.6) is 0 Å². The molecule has 0 radical (unpaired) electrons. The van der Waals surface area contributed by atoms with E-state index in [1.54, 1.807) is 0 Å². The molecule has 188 valence electrons. The number of hydrogen-bond donors (Lipinski definition) is 5. The number of aliphatic hydroxyl groups is 2. The van der Waals surface area contributed by atoms with Gasteiger partial charge in [-0.3, -0.25) is 14.2 Å². The van der Waals surface area contributed by atoms with Crippen LogP contribution in [0.2, 0.25) is 0 Å². The fourth-order valence-corrected chi connectivity index (χ4v) is 3.87. The third kappa shape index (κ3) is 5.68. The number of anilines is 2. The van der Waals surface area contributed by atoms with Gasteiger partial charge in [0.1, 0.15) is 23.8 Å². The molecule has 35 heavy (non-hydrogen) atoms. The molecule has 12 nitrogen and oxygen atoms in total. The van der Waals surface area contributed by atoms with Crippen molar-refractivity contribution in [3.05, 3.63) is 41.7 Å². The monoisotopic (exact) mass is 506 g/mol. The summed E-state index contributed by atoms with van der Waals surface area (Å²) in [6.07, 6.45) is -2.32. The molecule has 4 rings (SSSR count). The van der Waals surface area contributed by atoms with Crippen LogP contribution in [0.4, 0.5) is 11.8 Å². The lowest BCUT2D eigenvalue weighted by atomic mass is 10.1. The number of hydrogen-bond acceptors (Lipinski definition) is 10. The molecule has 13 heteroatoms. The number of ether oxygens (including phenoxy) is 1. The maximum atomic E-state index is 11.7. The van der Waals surface area contributed by atoms with Gasteiger partial charge < -0.3 is 31.1 Å². The standard InChI is InChI=1S/C22H26N6O6.ClH/c1-11(29)18-16(32)17(33)21(34-18)28-10-25-15-19(23)26-22(27-20(15)28)24-9-8-13-4-2-12(3-5-13)6-7-14(30)31;/h2-5,10,16-18,21,32-33H,6-9H2,1H3,(H,30,31)(H3,23,24,26,27);1H/t16?,17-,18+,21+;/m0./s1. The quantitative estimate of drug-likeness (QED) is 0.275. The summed E-state index contributed by atoms with van der Waals surface area (Å²) in [5, 5.41) is 32.4. The van der Waals surface area contributed by atoms with E-state index in [2.05, 4.69) is 20.3 Å². The van der Waals surface area contributed by atoms with Crippen LogP contribution >= 0.6 is 12.4 Å². The van der Waals surface area contributed by atoms with Gasteiger partial charge in [0.15, 0.2) is 23.5 Å². The van der Waals surface area contributed by atoms with Gasteiger partial charge in [0, 0.05) is 13.0 Å². The molecular weight excluding hydrogens is 480 g/mol. The van der Waals surface area contributed by atoms with Gasteiger partial charge in [-0.25, -0.2) is 4.98 Å². The van der Waals surface area contributed by atoms with Crippen molar-refractivity contribution in [2.75, 3.05) is 17.6 Å². The second kappa shape index (κ2) is 11.0. The Bertz CT molecular complexity index is 1200. The zero-order valence-electron chi connectivity index (χ0n) is 18.9. The van der Waals surface area contributed by atoms with E-state index < -0.39 is 36.3 Å². The normalized spacial score (nSPS) is 21.6. The first-order chi connectivity index (χ1) is 16.2. The van der Waals surface area contributed by atoms with Gasteiger partial charge in [0.2, 0.25) is 5.95 Å². The predicted octanol–water partition coefficient (Wildman–Crippen LogP) is 0.710. The average Bonchev–Trinajstić information content (AvgIpc) is 3.34. The summed E-state index contributed by atoms with van der Waals surface area (Å²) in [6.45, 7) is 1.78. The van der Waals surface area contributed by atoms with E-state index in [0.29, 0.717) is 30.6 Å². The fraction of sp³-hybridized carbons (Fsp3) is 0.409. The average molecular weight is 507 g/mol. The minimum Gasteiger partial charge on any atom is -0.481 e. The highest BCUT2D eigenvalue weighted by Crippen LogP contribution is 2.32. The Kier molecular flexibility index (Phi) is 8.22. The van der Waals surface area contributed by atoms with E-state index in [-0.39, 0.29) is 30.6 Å². The van der Waals surface area contributed by atoms with E-state index >= 15 is 0 Å². The lowest BCUT2D eigenvalue weighted by molar-refractivity contribution is -0.137. The number of carbonyl (C=O) groups excluding carboxylic acids is 1. The van der Waals surface area contributed by atoms with Gasteiger partial charge in [-0.15, -0.1) is 12.4 Å². The van der Waals surface area contributed by atoms with Crippen LogP contribution in [-0.4, -0.2) is 71.4 Å². The van der Waals surface area contributed by atoms with E-state index in [4.69, 9.17) is 15.6 Å². The molecule has 0 saturated carbocycles. The van der Waals surface area contributed by atoms with Gasteiger partial charge in [-0.1, -0.05) is 24.3 Å². The minimum atomic E-state index is -1.37. The first-order valence-corrected chi connectivity index (χ1v) is 10.8. The van der Waals surface area contributed by atoms with E-state index in [9.17, 15) is 19.8 Å². The number of imidazole rings is 1. The number of fused-ring (bicyclic) bond motifs is 1. The third-order valence-corrected chi connectivity index (χ3v) is 5.71. The minimum absolute atomic E-state index is 0. The van der Waals surface area contributed by atoms with Crippen LogP contribution in [0.25, 0.3) is 11.2 Å². The van der Waals surface area contributed by atoms with Crippen molar-refractivity contribution in [2.45, 2.75) is 50.7 Å². The summed E-state index contributed by atoms with van der Waals surface area (Å²) < 4.78 is 7.00. The molecule has 0 amide bonds. The van der Waals surface area contributed by atoms with Crippen LogP contribution < -0.4 is 11.1 Å². The van der Waals surface area contributed by atoms with Gasteiger partial charge in [0.05, 0.1) is 6.33 Å². The van der Waals surface area contributed by atoms with Gasteiger partial charge in [-0.2, -0.15) is 9.97 Å². The van der Waals surface area contributed by atoms with E-state index in [1.807, 2.05) is 24.3 Å². The number of ketones is 1. The number of nitrogens with two attached hydrogens (primary N) is 1. The number of halogens is 1. The zero-order chi connectivity index (χ0) is 24.4.